The number of hydrogen-bond donors (Lipinski definition) is 2. The summed E-state index contributed by atoms with van der Waals surface area (Å²) in [5, 5.41) is 21.3. The average Bonchev–Trinajstić information content (AvgIpc) is 2.79. The molecule has 116 valence electrons. The summed E-state index contributed by atoms with van der Waals surface area (Å²) in [6.07, 6.45) is 3.44. The summed E-state index contributed by atoms with van der Waals surface area (Å²) in [5.41, 5.74) is 0.926. The molecule has 1 unspecified atom stereocenters. The molecule has 0 saturated carbocycles. The lowest BCUT2D eigenvalue weighted by atomic mass is 10.1. The number of ether oxygens (including phenoxy) is 1. The predicted octanol–water partition coefficient (Wildman–Crippen LogP) is 1.34. The van der Waals surface area contributed by atoms with Gasteiger partial charge in [-0.3, -0.25) is 0 Å². The minimum Gasteiger partial charge on any atom is -0.389 e. The van der Waals surface area contributed by atoms with Crippen LogP contribution in [-0.4, -0.2) is 45.0 Å². The summed E-state index contributed by atoms with van der Waals surface area (Å²) in [6, 6.07) is 0. The van der Waals surface area contributed by atoms with Crippen molar-refractivity contribution in [1.82, 2.24) is 20.3 Å². The molecule has 0 aliphatic heterocycles. The van der Waals surface area contributed by atoms with Crippen molar-refractivity contribution >= 4 is 0 Å². The van der Waals surface area contributed by atoms with E-state index in [0.717, 1.165) is 18.5 Å². The van der Waals surface area contributed by atoms with Crippen LogP contribution in [0.5, 0.6) is 0 Å². The van der Waals surface area contributed by atoms with Gasteiger partial charge in [-0.25, -0.2) is 4.68 Å². The third-order valence-corrected chi connectivity index (χ3v) is 2.74. The molecular formula is C14H28N4O2. The zero-order valence-electron chi connectivity index (χ0n) is 13.1. The third kappa shape index (κ3) is 7.57. The summed E-state index contributed by atoms with van der Waals surface area (Å²) in [4.78, 5) is 0. The average molecular weight is 284 g/mol. The topological polar surface area (TPSA) is 72.2 Å². The molecule has 20 heavy (non-hydrogen) atoms. The van der Waals surface area contributed by atoms with Gasteiger partial charge in [0.05, 0.1) is 24.9 Å². The standard InChI is InChI=1S/C14H28N4O2/c1-5-6-7-20-11-13(19)10-18-9-12(16-17-18)8-15-14(2,3)4/h9,13,15,19H,5-8,10-11H2,1-4H3. The van der Waals surface area contributed by atoms with E-state index < -0.39 is 6.10 Å². The Balaban J connectivity index is 2.28. The number of nitrogens with one attached hydrogen (secondary N) is 1. The van der Waals surface area contributed by atoms with Crippen molar-refractivity contribution in [1.29, 1.82) is 0 Å². The molecular weight excluding hydrogens is 256 g/mol. The highest BCUT2D eigenvalue weighted by Crippen LogP contribution is 2.02. The van der Waals surface area contributed by atoms with Crippen molar-refractivity contribution in [2.75, 3.05) is 13.2 Å². The van der Waals surface area contributed by atoms with E-state index in [1.807, 2.05) is 6.20 Å². The van der Waals surface area contributed by atoms with Crippen molar-refractivity contribution in [3.63, 3.8) is 0 Å². The highest BCUT2D eigenvalue weighted by atomic mass is 16.5. The molecule has 0 fully saturated rings. The Morgan fingerprint density at radius 3 is 2.85 bits per heavy atom. The first-order valence-corrected chi connectivity index (χ1v) is 7.30. The molecule has 0 radical (unpaired) electrons. The zero-order valence-corrected chi connectivity index (χ0v) is 13.1. The Morgan fingerprint density at radius 1 is 1.45 bits per heavy atom. The molecule has 0 amide bonds. The van der Waals surface area contributed by atoms with Crippen LogP contribution in [0.1, 0.15) is 46.2 Å². The summed E-state index contributed by atoms with van der Waals surface area (Å²) >= 11 is 0. The first-order chi connectivity index (χ1) is 9.40. The van der Waals surface area contributed by atoms with Gasteiger partial charge in [-0.05, 0) is 27.2 Å². The van der Waals surface area contributed by atoms with E-state index in [0.29, 0.717) is 26.3 Å². The van der Waals surface area contributed by atoms with Gasteiger partial charge in [0.1, 0.15) is 0 Å². The molecule has 1 atom stereocenters. The smallest absolute Gasteiger partial charge is 0.0969 e. The molecule has 0 aliphatic carbocycles. The van der Waals surface area contributed by atoms with Gasteiger partial charge in [-0.2, -0.15) is 0 Å². The third-order valence-electron chi connectivity index (χ3n) is 2.74. The first kappa shape index (κ1) is 17.1. The highest BCUT2D eigenvalue weighted by Gasteiger charge is 2.11. The first-order valence-electron chi connectivity index (χ1n) is 7.30. The van der Waals surface area contributed by atoms with E-state index in [9.17, 15) is 5.11 Å². The molecule has 6 heteroatoms. The van der Waals surface area contributed by atoms with Crippen LogP contribution in [-0.2, 0) is 17.8 Å². The number of unbranched alkanes of at least 4 members (excludes halogenated alkanes) is 1. The van der Waals surface area contributed by atoms with Crippen LogP contribution < -0.4 is 5.32 Å². The monoisotopic (exact) mass is 284 g/mol. The zero-order chi connectivity index (χ0) is 15.0. The molecule has 6 nitrogen and oxygen atoms in total. The Hall–Kier alpha value is -0.980. The van der Waals surface area contributed by atoms with Gasteiger partial charge < -0.3 is 15.2 Å². The van der Waals surface area contributed by atoms with Gasteiger partial charge >= 0.3 is 0 Å². The second kappa shape index (κ2) is 8.34. The lowest BCUT2D eigenvalue weighted by molar-refractivity contribution is 0.0251. The number of rotatable bonds is 9. The van der Waals surface area contributed by atoms with Crippen molar-refractivity contribution < 1.29 is 9.84 Å². The lowest BCUT2D eigenvalue weighted by Crippen LogP contribution is -2.35. The maximum Gasteiger partial charge on any atom is 0.0969 e. The molecule has 0 aromatic carbocycles. The van der Waals surface area contributed by atoms with Gasteiger partial charge in [0.25, 0.3) is 0 Å². The lowest BCUT2D eigenvalue weighted by Gasteiger charge is -2.19. The fourth-order valence-corrected chi connectivity index (χ4v) is 1.60. The maximum atomic E-state index is 9.84. The van der Waals surface area contributed by atoms with E-state index in [4.69, 9.17) is 4.74 Å². The van der Waals surface area contributed by atoms with Crippen LogP contribution in [0.15, 0.2) is 6.20 Å². The fourth-order valence-electron chi connectivity index (χ4n) is 1.60. The number of aliphatic hydroxyl groups is 1. The number of nitrogens with zero attached hydrogens (tertiary/aromatic N) is 3. The van der Waals surface area contributed by atoms with Crippen LogP contribution in [0.25, 0.3) is 0 Å². The van der Waals surface area contributed by atoms with Crippen molar-refractivity contribution in [3.05, 3.63) is 11.9 Å². The van der Waals surface area contributed by atoms with Crippen LogP contribution in [0.3, 0.4) is 0 Å². The number of hydrogen-bond acceptors (Lipinski definition) is 5. The molecule has 0 spiro atoms. The Labute approximate surface area is 121 Å². The SMILES string of the molecule is CCCCOCC(O)Cn1cc(CNC(C)(C)C)nn1. The van der Waals surface area contributed by atoms with E-state index in [2.05, 4.69) is 43.3 Å². The molecule has 1 rings (SSSR count). The Bertz CT molecular complexity index is 373. The van der Waals surface area contributed by atoms with Gasteiger partial charge in [0.15, 0.2) is 0 Å². The molecule has 1 aromatic rings. The fraction of sp³-hybridized carbons (Fsp3) is 0.857. The molecule has 2 N–H and O–H groups in total. The van der Waals surface area contributed by atoms with Gasteiger partial charge in [-0.1, -0.05) is 18.6 Å². The summed E-state index contributed by atoms with van der Waals surface area (Å²) in [7, 11) is 0. The van der Waals surface area contributed by atoms with Gasteiger partial charge in [0, 0.05) is 24.9 Å². The van der Waals surface area contributed by atoms with Gasteiger partial charge in [0.2, 0.25) is 0 Å². The van der Waals surface area contributed by atoms with Crippen molar-refractivity contribution in [2.24, 2.45) is 0 Å². The molecule has 0 aliphatic rings. The molecule has 0 saturated heterocycles. The minimum absolute atomic E-state index is 0.0520. The van der Waals surface area contributed by atoms with E-state index in [1.165, 1.54) is 0 Å². The van der Waals surface area contributed by atoms with Crippen molar-refractivity contribution in [2.45, 2.75) is 65.3 Å². The quantitative estimate of drug-likeness (QED) is 0.670. The number of aliphatic hydroxyl groups excluding tert-OH is 1. The maximum absolute atomic E-state index is 9.84. The second-order valence-electron chi connectivity index (χ2n) is 6.12. The van der Waals surface area contributed by atoms with Crippen LogP contribution in [0, 0.1) is 0 Å². The van der Waals surface area contributed by atoms with Gasteiger partial charge in [-0.15, -0.1) is 5.10 Å². The highest BCUT2D eigenvalue weighted by molar-refractivity contribution is 4.93. The Morgan fingerprint density at radius 2 is 2.20 bits per heavy atom. The Kier molecular flexibility index (Phi) is 7.12. The van der Waals surface area contributed by atoms with E-state index in [1.54, 1.807) is 4.68 Å². The van der Waals surface area contributed by atoms with Crippen LogP contribution in [0.4, 0.5) is 0 Å². The van der Waals surface area contributed by atoms with Crippen LogP contribution in [0.2, 0.25) is 0 Å². The minimum atomic E-state index is -0.544. The molecule has 0 bridgehead atoms. The van der Waals surface area contributed by atoms with Crippen molar-refractivity contribution in [3.8, 4) is 0 Å². The number of aromatic nitrogens is 3. The largest absolute Gasteiger partial charge is 0.389 e. The summed E-state index contributed by atoms with van der Waals surface area (Å²) < 4.78 is 7.04. The van der Waals surface area contributed by atoms with E-state index >= 15 is 0 Å². The van der Waals surface area contributed by atoms with Crippen LogP contribution >= 0.6 is 0 Å². The van der Waals surface area contributed by atoms with E-state index in [-0.39, 0.29) is 5.54 Å². The molecule has 1 aromatic heterocycles. The second-order valence-corrected chi connectivity index (χ2v) is 6.12. The summed E-state index contributed by atoms with van der Waals surface area (Å²) in [6.45, 7) is 10.6. The summed E-state index contributed by atoms with van der Waals surface area (Å²) in [5.74, 6) is 0. The molecule has 1 heterocycles. The normalized spacial score (nSPS) is 13.7. The predicted molar refractivity (Wildman–Crippen MR) is 78.3 cm³/mol.